The predicted molar refractivity (Wildman–Crippen MR) is 72.9 cm³/mol. The highest BCUT2D eigenvalue weighted by Gasteiger charge is 2.15. The van der Waals surface area contributed by atoms with Crippen molar-refractivity contribution in [2.24, 2.45) is 5.41 Å². The molecule has 0 heterocycles. The van der Waals surface area contributed by atoms with Gasteiger partial charge in [0.15, 0.2) is 0 Å². The van der Waals surface area contributed by atoms with Crippen molar-refractivity contribution in [3.8, 4) is 11.8 Å². The molecule has 0 fully saturated rings. The van der Waals surface area contributed by atoms with Crippen molar-refractivity contribution in [2.45, 2.75) is 33.1 Å². The molecule has 0 saturated carbocycles. The Bertz CT molecular complexity index is 395. The largest absolute Gasteiger partial charge is 0.494 e. The molecule has 0 aliphatic rings. The summed E-state index contributed by atoms with van der Waals surface area (Å²) in [6, 6.07) is 10.1. The summed E-state index contributed by atoms with van der Waals surface area (Å²) in [5.74, 6) is 0.888. The second-order valence-corrected chi connectivity index (χ2v) is 5.67. The Morgan fingerprint density at radius 2 is 2.12 bits per heavy atom. The first kappa shape index (κ1) is 14.1. The third-order valence-electron chi connectivity index (χ3n) is 2.56. The molecule has 0 aliphatic heterocycles. The molecule has 0 aliphatic carbocycles. The van der Waals surface area contributed by atoms with E-state index in [1.165, 1.54) is 0 Å². The van der Waals surface area contributed by atoms with Crippen molar-refractivity contribution in [3.63, 3.8) is 0 Å². The predicted octanol–water partition coefficient (Wildman–Crippen LogP) is 4.55. The first-order chi connectivity index (χ1) is 8.03. The fourth-order valence-electron chi connectivity index (χ4n) is 1.47. The number of unbranched alkanes of at least 4 members (excludes halogenated alkanes) is 1. The summed E-state index contributed by atoms with van der Waals surface area (Å²) in [6.45, 7) is 4.66. The van der Waals surface area contributed by atoms with Crippen LogP contribution in [0.25, 0.3) is 0 Å². The van der Waals surface area contributed by atoms with Crippen LogP contribution in [0, 0.1) is 16.7 Å². The first-order valence-electron chi connectivity index (χ1n) is 5.83. The maximum atomic E-state index is 8.87. The van der Waals surface area contributed by atoms with Crippen LogP contribution in [0.15, 0.2) is 28.7 Å². The Balaban J connectivity index is 2.19. The third-order valence-corrected chi connectivity index (χ3v) is 3.06. The molecule has 0 saturated heterocycles. The van der Waals surface area contributed by atoms with Gasteiger partial charge >= 0.3 is 0 Å². The Hall–Kier alpha value is -1.01. The molecule has 0 unspecified atom stereocenters. The molecular weight excluding hydrogens is 278 g/mol. The summed E-state index contributed by atoms with van der Waals surface area (Å²) in [7, 11) is 0. The zero-order valence-corrected chi connectivity index (χ0v) is 12.0. The number of hydrogen-bond acceptors (Lipinski definition) is 2. The minimum Gasteiger partial charge on any atom is -0.494 e. The zero-order valence-electron chi connectivity index (χ0n) is 10.4. The van der Waals surface area contributed by atoms with Crippen LogP contribution >= 0.6 is 15.9 Å². The molecular formula is C14H18BrNO. The van der Waals surface area contributed by atoms with Gasteiger partial charge in [-0.1, -0.05) is 22.0 Å². The van der Waals surface area contributed by atoms with Gasteiger partial charge in [-0.15, -0.1) is 0 Å². The van der Waals surface area contributed by atoms with Crippen molar-refractivity contribution in [3.05, 3.63) is 28.7 Å². The van der Waals surface area contributed by atoms with Crippen LogP contribution in [0.1, 0.15) is 33.1 Å². The highest BCUT2D eigenvalue weighted by molar-refractivity contribution is 9.10. The van der Waals surface area contributed by atoms with E-state index in [0.29, 0.717) is 6.61 Å². The van der Waals surface area contributed by atoms with E-state index in [-0.39, 0.29) is 5.41 Å². The van der Waals surface area contributed by atoms with Gasteiger partial charge in [-0.2, -0.15) is 5.26 Å². The van der Waals surface area contributed by atoms with Crippen molar-refractivity contribution in [1.82, 2.24) is 0 Å². The fourth-order valence-corrected chi connectivity index (χ4v) is 1.85. The molecule has 0 bridgehead atoms. The lowest BCUT2D eigenvalue weighted by Crippen LogP contribution is -2.08. The van der Waals surface area contributed by atoms with Crippen LogP contribution in [0.2, 0.25) is 0 Å². The molecule has 1 rings (SSSR count). The van der Waals surface area contributed by atoms with Gasteiger partial charge in [-0.05, 0) is 51.3 Å². The fraction of sp³-hybridized carbons (Fsp3) is 0.500. The van der Waals surface area contributed by atoms with E-state index >= 15 is 0 Å². The summed E-state index contributed by atoms with van der Waals surface area (Å²) >= 11 is 3.40. The van der Waals surface area contributed by atoms with Crippen molar-refractivity contribution < 1.29 is 4.74 Å². The molecule has 0 N–H and O–H groups in total. The lowest BCUT2D eigenvalue weighted by molar-refractivity contribution is 0.295. The second-order valence-electron chi connectivity index (χ2n) is 4.76. The standard InChI is InChI=1S/C14H18BrNO/c1-14(2,11-16)8-3-4-9-17-13-7-5-6-12(15)10-13/h5-7,10H,3-4,8-9H2,1-2H3. The van der Waals surface area contributed by atoms with E-state index in [0.717, 1.165) is 29.5 Å². The Morgan fingerprint density at radius 1 is 1.35 bits per heavy atom. The minimum atomic E-state index is -0.213. The van der Waals surface area contributed by atoms with Crippen LogP contribution in [0.3, 0.4) is 0 Å². The molecule has 1 aromatic carbocycles. The van der Waals surface area contributed by atoms with Gasteiger partial charge in [0.05, 0.1) is 18.1 Å². The zero-order chi connectivity index (χ0) is 12.7. The van der Waals surface area contributed by atoms with Crippen LogP contribution in [-0.2, 0) is 0 Å². The number of nitriles is 1. The van der Waals surface area contributed by atoms with E-state index in [9.17, 15) is 0 Å². The molecule has 2 nitrogen and oxygen atoms in total. The van der Waals surface area contributed by atoms with Crippen molar-refractivity contribution in [1.29, 1.82) is 5.26 Å². The minimum absolute atomic E-state index is 0.213. The van der Waals surface area contributed by atoms with E-state index in [2.05, 4.69) is 22.0 Å². The summed E-state index contributed by atoms with van der Waals surface area (Å²) in [4.78, 5) is 0. The van der Waals surface area contributed by atoms with Crippen LogP contribution < -0.4 is 4.74 Å². The average molecular weight is 296 g/mol. The summed E-state index contributed by atoms with van der Waals surface area (Å²) in [5.41, 5.74) is -0.213. The number of benzene rings is 1. The summed E-state index contributed by atoms with van der Waals surface area (Å²) in [5, 5.41) is 8.87. The van der Waals surface area contributed by atoms with Crippen LogP contribution in [-0.4, -0.2) is 6.61 Å². The molecule has 0 spiro atoms. The molecule has 3 heteroatoms. The Morgan fingerprint density at radius 3 is 2.76 bits per heavy atom. The number of ether oxygens (including phenoxy) is 1. The number of rotatable bonds is 6. The van der Waals surface area contributed by atoms with Crippen LogP contribution in [0.5, 0.6) is 5.75 Å². The van der Waals surface area contributed by atoms with Gasteiger partial charge < -0.3 is 4.74 Å². The van der Waals surface area contributed by atoms with Crippen molar-refractivity contribution in [2.75, 3.05) is 6.61 Å². The third kappa shape index (κ3) is 5.74. The van der Waals surface area contributed by atoms with Gasteiger partial charge in [-0.3, -0.25) is 0 Å². The van der Waals surface area contributed by atoms with Crippen molar-refractivity contribution >= 4 is 15.9 Å². The maximum absolute atomic E-state index is 8.87. The smallest absolute Gasteiger partial charge is 0.120 e. The van der Waals surface area contributed by atoms with E-state index in [4.69, 9.17) is 10.00 Å². The van der Waals surface area contributed by atoms with Gasteiger partial charge in [0.2, 0.25) is 0 Å². The molecule has 17 heavy (non-hydrogen) atoms. The SMILES string of the molecule is CC(C)(C#N)CCCCOc1cccc(Br)c1. The number of nitrogens with zero attached hydrogens (tertiary/aromatic N) is 1. The van der Waals surface area contributed by atoms with Gasteiger partial charge in [0, 0.05) is 4.47 Å². The topological polar surface area (TPSA) is 33.0 Å². The molecule has 0 aromatic heterocycles. The summed E-state index contributed by atoms with van der Waals surface area (Å²) < 4.78 is 6.65. The van der Waals surface area contributed by atoms with Gasteiger partial charge in [-0.25, -0.2) is 0 Å². The molecule has 1 aromatic rings. The van der Waals surface area contributed by atoms with Crippen LogP contribution in [0.4, 0.5) is 0 Å². The lowest BCUT2D eigenvalue weighted by Gasteiger charge is -2.14. The molecule has 0 radical (unpaired) electrons. The summed E-state index contributed by atoms with van der Waals surface area (Å²) in [6.07, 6.45) is 2.93. The quantitative estimate of drug-likeness (QED) is 0.722. The van der Waals surface area contributed by atoms with E-state index in [1.807, 2.05) is 38.1 Å². The van der Waals surface area contributed by atoms with E-state index in [1.54, 1.807) is 0 Å². The monoisotopic (exact) mass is 295 g/mol. The van der Waals surface area contributed by atoms with Gasteiger partial charge in [0.1, 0.15) is 5.75 Å². The highest BCUT2D eigenvalue weighted by atomic mass is 79.9. The highest BCUT2D eigenvalue weighted by Crippen LogP contribution is 2.22. The van der Waals surface area contributed by atoms with E-state index < -0.39 is 0 Å². The first-order valence-corrected chi connectivity index (χ1v) is 6.62. The normalized spacial score (nSPS) is 10.9. The number of halogens is 1. The molecule has 92 valence electrons. The lowest BCUT2D eigenvalue weighted by atomic mass is 9.89. The second kappa shape index (κ2) is 6.66. The Labute approximate surface area is 112 Å². The molecule has 0 atom stereocenters. The maximum Gasteiger partial charge on any atom is 0.120 e. The van der Waals surface area contributed by atoms with Gasteiger partial charge in [0.25, 0.3) is 0 Å². The number of hydrogen-bond donors (Lipinski definition) is 0. The average Bonchev–Trinajstić information content (AvgIpc) is 2.29. The molecule has 0 amide bonds. The Kier molecular flexibility index (Phi) is 5.50.